The number of rotatable bonds is 7. The molecule has 1 aromatic carbocycles. The van der Waals surface area contributed by atoms with Crippen LogP contribution in [0.25, 0.3) is 10.9 Å². The third-order valence-electron chi connectivity index (χ3n) is 4.98. The molecule has 2 heterocycles. The summed E-state index contributed by atoms with van der Waals surface area (Å²) >= 11 is 0. The van der Waals surface area contributed by atoms with Crippen molar-refractivity contribution in [1.29, 1.82) is 0 Å². The lowest BCUT2D eigenvalue weighted by Gasteiger charge is -2.13. The lowest BCUT2D eigenvalue weighted by atomic mass is 10.1. The highest BCUT2D eigenvalue weighted by Crippen LogP contribution is 2.31. The minimum Gasteiger partial charge on any atom is -0.497 e. The zero-order chi connectivity index (χ0) is 21.3. The van der Waals surface area contributed by atoms with Crippen molar-refractivity contribution in [2.24, 2.45) is 0 Å². The molecule has 0 fully saturated rings. The predicted molar refractivity (Wildman–Crippen MR) is 110 cm³/mol. The van der Waals surface area contributed by atoms with Crippen LogP contribution in [0.15, 0.2) is 24.3 Å². The van der Waals surface area contributed by atoms with Crippen LogP contribution in [0, 0.1) is 13.8 Å². The van der Waals surface area contributed by atoms with E-state index in [4.69, 9.17) is 14.2 Å². The average molecular weight is 398 g/mol. The van der Waals surface area contributed by atoms with Gasteiger partial charge in [-0.1, -0.05) is 0 Å². The number of aryl methyl sites for hydroxylation is 1. The van der Waals surface area contributed by atoms with Crippen molar-refractivity contribution in [3.8, 4) is 11.5 Å². The third-order valence-corrected chi connectivity index (χ3v) is 4.98. The molecule has 0 aliphatic rings. The van der Waals surface area contributed by atoms with Gasteiger partial charge in [0.25, 0.3) is 0 Å². The van der Waals surface area contributed by atoms with E-state index in [1.54, 1.807) is 32.4 Å². The van der Waals surface area contributed by atoms with E-state index in [0.29, 0.717) is 22.6 Å². The summed E-state index contributed by atoms with van der Waals surface area (Å²) in [4.78, 5) is 28.1. The van der Waals surface area contributed by atoms with Gasteiger partial charge in [-0.2, -0.15) is 0 Å². The van der Waals surface area contributed by atoms with Gasteiger partial charge in [0, 0.05) is 34.4 Å². The van der Waals surface area contributed by atoms with E-state index in [1.807, 2.05) is 19.9 Å². The molecule has 154 valence electrons. The smallest absolute Gasteiger partial charge is 0.355 e. The maximum atomic E-state index is 12.6. The molecule has 7 nitrogen and oxygen atoms in total. The van der Waals surface area contributed by atoms with Gasteiger partial charge in [0.05, 0.1) is 19.7 Å². The van der Waals surface area contributed by atoms with Gasteiger partial charge in [-0.05, 0) is 45.9 Å². The Labute approximate surface area is 169 Å². The van der Waals surface area contributed by atoms with Gasteiger partial charge in [-0.15, -0.1) is 0 Å². The fourth-order valence-electron chi connectivity index (χ4n) is 3.71. The molecule has 3 aromatic rings. The molecule has 0 radical (unpaired) electrons. The number of aromatic amines is 1. The van der Waals surface area contributed by atoms with E-state index >= 15 is 0 Å². The van der Waals surface area contributed by atoms with E-state index in [1.165, 1.54) is 0 Å². The maximum Gasteiger partial charge on any atom is 0.355 e. The number of hydrogen-bond acceptors (Lipinski definition) is 5. The summed E-state index contributed by atoms with van der Waals surface area (Å²) in [5.41, 5.74) is 3.36. The van der Waals surface area contributed by atoms with Crippen LogP contribution in [0.4, 0.5) is 0 Å². The van der Waals surface area contributed by atoms with Gasteiger partial charge < -0.3 is 23.8 Å². The monoisotopic (exact) mass is 398 g/mol. The Morgan fingerprint density at radius 1 is 1.07 bits per heavy atom. The number of nitrogens with one attached hydrogen (secondary N) is 1. The Kier molecular flexibility index (Phi) is 5.68. The summed E-state index contributed by atoms with van der Waals surface area (Å²) < 4.78 is 17.9. The van der Waals surface area contributed by atoms with Gasteiger partial charge in [0.2, 0.25) is 5.78 Å². The first-order chi connectivity index (χ1) is 13.8. The minimum absolute atomic E-state index is 0.228. The summed E-state index contributed by atoms with van der Waals surface area (Å²) in [5, 5.41) is 0.750. The zero-order valence-electron chi connectivity index (χ0n) is 17.6. The van der Waals surface area contributed by atoms with Gasteiger partial charge in [0.15, 0.2) is 6.61 Å². The number of nitrogens with zero attached hydrogens (tertiary/aromatic N) is 1. The molecule has 0 spiro atoms. The lowest BCUT2D eigenvalue weighted by molar-refractivity contribution is 0.0469. The number of benzene rings is 1. The summed E-state index contributed by atoms with van der Waals surface area (Å²) in [7, 11) is 3.10. The van der Waals surface area contributed by atoms with Gasteiger partial charge in [0.1, 0.15) is 17.2 Å². The Morgan fingerprint density at radius 2 is 1.79 bits per heavy atom. The highest BCUT2D eigenvalue weighted by Gasteiger charge is 2.20. The second kappa shape index (κ2) is 8.03. The van der Waals surface area contributed by atoms with Gasteiger partial charge in [-0.3, -0.25) is 4.79 Å². The summed E-state index contributed by atoms with van der Waals surface area (Å²) in [6.07, 6.45) is 0. The molecule has 0 atom stereocenters. The third kappa shape index (κ3) is 3.85. The van der Waals surface area contributed by atoms with Crippen LogP contribution in [-0.4, -0.2) is 42.1 Å². The average Bonchev–Trinajstić information content (AvgIpc) is 3.25. The van der Waals surface area contributed by atoms with E-state index < -0.39 is 5.97 Å². The van der Waals surface area contributed by atoms with Crippen molar-refractivity contribution < 1.29 is 23.8 Å². The number of Topliss-reactive ketones (excluding diaryl/α,β-unsaturated/α-hetero) is 1. The normalized spacial score (nSPS) is 11.1. The number of carbonyl (C=O) groups is 2. The molecule has 3 rings (SSSR count). The van der Waals surface area contributed by atoms with Gasteiger partial charge >= 0.3 is 5.97 Å². The summed E-state index contributed by atoms with van der Waals surface area (Å²) in [6, 6.07) is 7.25. The molecule has 29 heavy (non-hydrogen) atoms. The van der Waals surface area contributed by atoms with Crippen LogP contribution in [0.2, 0.25) is 0 Å². The quantitative estimate of drug-likeness (QED) is 0.476. The molecule has 0 aliphatic carbocycles. The second-order valence-electron chi connectivity index (χ2n) is 7.22. The molecule has 0 saturated carbocycles. The molecular formula is C22H26N2O5. The Balaban J connectivity index is 1.77. The highest BCUT2D eigenvalue weighted by molar-refractivity contribution is 6.01. The van der Waals surface area contributed by atoms with Crippen molar-refractivity contribution in [2.45, 2.75) is 33.7 Å². The van der Waals surface area contributed by atoms with Crippen molar-refractivity contribution in [3.63, 3.8) is 0 Å². The number of ketones is 1. The van der Waals surface area contributed by atoms with E-state index in [-0.39, 0.29) is 24.1 Å². The summed E-state index contributed by atoms with van der Waals surface area (Å²) in [5.74, 6) is 0.335. The molecule has 1 N–H and O–H groups in total. The van der Waals surface area contributed by atoms with Crippen LogP contribution in [0.5, 0.6) is 11.5 Å². The topological polar surface area (TPSA) is 82.6 Å². The zero-order valence-corrected chi connectivity index (χ0v) is 17.6. The second-order valence-corrected chi connectivity index (χ2v) is 7.22. The highest BCUT2D eigenvalue weighted by atomic mass is 16.5. The lowest BCUT2D eigenvalue weighted by Crippen LogP contribution is -2.15. The number of aromatic nitrogens is 2. The minimum atomic E-state index is -0.603. The number of fused-ring (bicyclic) bond motifs is 1. The first-order valence-corrected chi connectivity index (χ1v) is 9.40. The molecule has 7 heteroatoms. The number of ether oxygens (including phenoxy) is 3. The first kappa shape index (κ1) is 20.5. The number of esters is 1. The predicted octanol–water partition coefficient (Wildman–Crippen LogP) is 4.22. The largest absolute Gasteiger partial charge is 0.497 e. The van der Waals surface area contributed by atoms with E-state index in [0.717, 1.165) is 16.8 Å². The van der Waals surface area contributed by atoms with Crippen molar-refractivity contribution in [2.75, 3.05) is 20.8 Å². The molecule has 2 aromatic heterocycles. The molecule has 0 saturated heterocycles. The van der Waals surface area contributed by atoms with Crippen LogP contribution in [0.1, 0.15) is 52.1 Å². The number of methoxy groups -OCH3 is 2. The Hall–Kier alpha value is -3.22. The van der Waals surface area contributed by atoms with Crippen molar-refractivity contribution in [1.82, 2.24) is 9.55 Å². The van der Waals surface area contributed by atoms with Crippen molar-refractivity contribution in [3.05, 3.63) is 46.9 Å². The molecule has 0 aliphatic heterocycles. The van der Waals surface area contributed by atoms with Gasteiger partial charge in [-0.25, -0.2) is 4.79 Å². The van der Waals surface area contributed by atoms with Crippen LogP contribution < -0.4 is 9.47 Å². The Bertz CT molecular complexity index is 1070. The number of hydrogen-bond donors (Lipinski definition) is 1. The number of H-pyrrole nitrogens is 1. The van der Waals surface area contributed by atoms with Crippen molar-refractivity contribution >= 4 is 22.7 Å². The van der Waals surface area contributed by atoms with Crippen LogP contribution in [0.3, 0.4) is 0 Å². The van der Waals surface area contributed by atoms with Crippen LogP contribution >= 0.6 is 0 Å². The molecular weight excluding hydrogens is 372 g/mol. The maximum absolute atomic E-state index is 12.6. The van der Waals surface area contributed by atoms with E-state index in [9.17, 15) is 9.59 Å². The summed E-state index contributed by atoms with van der Waals surface area (Å²) in [6.45, 7) is 7.67. The molecule has 0 unspecified atom stereocenters. The molecule has 0 bridgehead atoms. The van der Waals surface area contributed by atoms with Crippen LogP contribution in [-0.2, 0) is 4.74 Å². The Morgan fingerprint density at radius 3 is 2.38 bits per heavy atom. The standard InChI is InChI=1S/C22H26N2O5/c1-12(2)24-13(3)7-17(14(24)4)19(25)11-29-22(26)18-9-15-8-16(27-5)10-20(28-6)21(15)23-18/h7-10,12,23H,11H2,1-6H3. The van der Waals surface area contributed by atoms with E-state index in [2.05, 4.69) is 23.4 Å². The fraction of sp³-hybridized carbons (Fsp3) is 0.364. The number of carbonyl (C=O) groups excluding carboxylic acids is 2. The first-order valence-electron chi connectivity index (χ1n) is 9.40. The fourth-order valence-corrected chi connectivity index (χ4v) is 3.71. The SMILES string of the molecule is COc1cc(OC)c2[nH]c(C(=O)OCC(=O)c3cc(C)n(C(C)C)c3C)cc2c1. The molecule has 0 amide bonds.